The molecule has 1 N–H and O–H groups in total. The minimum atomic E-state index is -3.41. The third-order valence-electron chi connectivity index (χ3n) is 4.34. The van der Waals surface area contributed by atoms with Crippen LogP contribution in [0.4, 0.5) is 5.69 Å². The SMILES string of the molecule is C=CCN(c1ccc(C(=O)NCCCc2ccc(OC(C)C)cc2)cc1)S(C)(=O)=O. The first-order valence-electron chi connectivity index (χ1n) is 9.93. The normalized spacial score (nSPS) is 11.2. The van der Waals surface area contributed by atoms with E-state index in [4.69, 9.17) is 4.74 Å². The maximum Gasteiger partial charge on any atom is 0.251 e. The summed E-state index contributed by atoms with van der Waals surface area (Å²) < 4.78 is 30.6. The second-order valence-corrected chi connectivity index (χ2v) is 9.21. The van der Waals surface area contributed by atoms with Crippen LogP contribution in [0.1, 0.15) is 36.2 Å². The lowest BCUT2D eigenvalue weighted by Gasteiger charge is -2.20. The van der Waals surface area contributed by atoms with E-state index in [1.165, 1.54) is 15.9 Å². The van der Waals surface area contributed by atoms with Crippen molar-refractivity contribution in [1.29, 1.82) is 0 Å². The number of nitrogens with one attached hydrogen (secondary N) is 1. The van der Waals surface area contributed by atoms with Crippen LogP contribution in [0.25, 0.3) is 0 Å². The van der Waals surface area contributed by atoms with E-state index in [0.29, 0.717) is 17.8 Å². The molecule has 1 amide bonds. The topological polar surface area (TPSA) is 75.7 Å². The Morgan fingerprint density at radius 2 is 1.77 bits per heavy atom. The van der Waals surface area contributed by atoms with Gasteiger partial charge >= 0.3 is 0 Å². The van der Waals surface area contributed by atoms with Gasteiger partial charge in [-0.3, -0.25) is 9.10 Å². The van der Waals surface area contributed by atoms with Crippen LogP contribution in [-0.4, -0.2) is 39.8 Å². The number of benzene rings is 2. The second kappa shape index (κ2) is 10.8. The lowest BCUT2D eigenvalue weighted by atomic mass is 10.1. The molecule has 0 aliphatic heterocycles. The van der Waals surface area contributed by atoms with Crippen LogP contribution in [0.3, 0.4) is 0 Å². The molecule has 0 aliphatic rings. The first-order valence-corrected chi connectivity index (χ1v) is 11.8. The zero-order chi connectivity index (χ0) is 22.1. The number of hydrogen-bond donors (Lipinski definition) is 1. The van der Waals surface area contributed by atoms with Crippen LogP contribution in [0.2, 0.25) is 0 Å². The van der Waals surface area contributed by atoms with Crippen LogP contribution in [0, 0.1) is 0 Å². The zero-order valence-electron chi connectivity index (χ0n) is 17.8. The van der Waals surface area contributed by atoms with E-state index < -0.39 is 10.0 Å². The lowest BCUT2D eigenvalue weighted by Crippen LogP contribution is -2.30. The van der Waals surface area contributed by atoms with Gasteiger partial charge in [0.25, 0.3) is 5.91 Å². The highest BCUT2D eigenvalue weighted by atomic mass is 32.2. The minimum Gasteiger partial charge on any atom is -0.491 e. The molecule has 0 aromatic heterocycles. The molecule has 2 aromatic rings. The number of carbonyl (C=O) groups is 1. The molecule has 0 bridgehead atoms. The molecule has 6 nitrogen and oxygen atoms in total. The van der Waals surface area contributed by atoms with Crippen LogP contribution in [-0.2, 0) is 16.4 Å². The number of anilines is 1. The van der Waals surface area contributed by atoms with Gasteiger partial charge in [0, 0.05) is 12.1 Å². The van der Waals surface area contributed by atoms with Crippen molar-refractivity contribution < 1.29 is 17.9 Å². The number of amides is 1. The summed E-state index contributed by atoms with van der Waals surface area (Å²) >= 11 is 0. The van der Waals surface area contributed by atoms with Crippen LogP contribution < -0.4 is 14.4 Å². The third-order valence-corrected chi connectivity index (χ3v) is 5.50. The molecule has 0 radical (unpaired) electrons. The molecule has 0 fully saturated rings. The van der Waals surface area contributed by atoms with Gasteiger partial charge in [0.2, 0.25) is 10.0 Å². The van der Waals surface area contributed by atoms with Gasteiger partial charge in [0.15, 0.2) is 0 Å². The maximum absolute atomic E-state index is 12.3. The van der Waals surface area contributed by atoms with Gasteiger partial charge in [-0.15, -0.1) is 6.58 Å². The summed E-state index contributed by atoms with van der Waals surface area (Å²) in [5, 5.41) is 2.90. The van der Waals surface area contributed by atoms with E-state index in [-0.39, 0.29) is 18.6 Å². The minimum absolute atomic E-state index is 0.150. The monoisotopic (exact) mass is 430 g/mol. The smallest absolute Gasteiger partial charge is 0.251 e. The fraction of sp³-hybridized carbons (Fsp3) is 0.348. The van der Waals surface area contributed by atoms with Crippen molar-refractivity contribution in [1.82, 2.24) is 5.32 Å². The Morgan fingerprint density at radius 3 is 2.30 bits per heavy atom. The summed E-state index contributed by atoms with van der Waals surface area (Å²) in [5.41, 5.74) is 2.17. The first-order chi connectivity index (χ1) is 14.2. The Bertz CT molecular complexity index is 936. The molecule has 30 heavy (non-hydrogen) atoms. The summed E-state index contributed by atoms with van der Waals surface area (Å²) in [5.74, 6) is 0.671. The van der Waals surface area contributed by atoms with Crippen LogP contribution in [0.5, 0.6) is 5.75 Å². The van der Waals surface area contributed by atoms with E-state index in [9.17, 15) is 13.2 Å². The van der Waals surface area contributed by atoms with Gasteiger partial charge in [0.1, 0.15) is 5.75 Å². The molecular weight excluding hydrogens is 400 g/mol. The second-order valence-electron chi connectivity index (χ2n) is 7.30. The highest BCUT2D eigenvalue weighted by molar-refractivity contribution is 7.92. The van der Waals surface area contributed by atoms with Gasteiger partial charge in [-0.1, -0.05) is 18.2 Å². The molecule has 2 rings (SSSR count). The Hall–Kier alpha value is -2.80. The van der Waals surface area contributed by atoms with E-state index in [2.05, 4.69) is 11.9 Å². The molecule has 162 valence electrons. The van der Waals surface area contributed by atoms with E-state index in [1.807, 2.05) is 38.1 Å². The predicted octanol–water partition coefficient (Wildman–Crippen LogP) is 3.79. The molecule has 0 saturated carbocycles. The van der Waals surface area contributed by atoms with E-state index >= 15 is 0 Å². The highest BCUT2D eigenvalue weighted by Crippen LogP contribution is 2.18. The average Bonchev–Trinajstić information content (AvgIpc) is 2.69. The van der Waals surface area contributed by atoms with Gasteiger partial charge in [-0.05, 0) is 68.7 Å². The largest absolute Gasteiger partial charge is 0.491 e. The molecule has 0 unspecified atom stereocenters. The summed E-state index contributed by atoms with van der Waals surface area (Å²) in [4.78, 5) is 12.3. The van der Waals surface area contributed by atoms with Crippen molar-refractivity contribution in [3.8, 4) is 5.75 Å². The lowest BCUT2D eigenvalue weighted by molar-refractivity contribution is 0.0953. The molecule has 0 atom stereocenters. The standard InChI is InChI=1S/C23H30N2O4S/c1-5-17-25(30(4,27)28)21-12-10-20(11-13-21)23(26)24-16-6-7-19-8-14-22(15-9-19)29-18(2)3/h5,8-15,18H,1,6-7,16-17H2,2-4H3,(H,24,26). The quantitative estimate of drug-likeness (QED) is 0.435. The van der Waals surface area contributed by atoms with Crippen molar-refractivity contribution >= 4 is 21.6 Å². The summed E-state index contributed by atoms with van der Waals surface area (Å²) in [6.45, 7) is 8.30. The van der Waals surface area contributed by atoms with Gasteiger partial charge in [-0.25, -0.2) is 8.42 Å². The molecule has 0 aliphatic carbocycles. The summed E-state index contributed by atoms with van der Waals surface area (Å²) in [6.07, 6.45) is 4.48. The van der Waals surface area contributed by atoms with Crippen molar-refractivity contribution in [3.63, 3.8) is 0 Å². The number of carbonyl (C=O) groups excluding carboxylic acids is 1. The third kappa shape index (κ3) is 7.22. The van der Waals surface area contributed by atoms with Crippen molar-refractivity contribution in [2.45, 2.75) is 32.8 Å². The van der Waals surface area contributed by atoms with Crippen molar-refractivity contribution in [3.05, 3.63) is 72.3 Å². The van der Waals surface area contributed by atoms with Gasteiger partial charge in [0.05, 0.1) is 24.6 Å². The van der Waals surface area contributed by atoms with Gasteiger partial charge < -0.3 is 10.1 Å². The molecule has 0 saturated heterocycles. The summed E-state index contributed by atoms with van der Waals surface area (Å²) in [6, 6.07) is 14.5. The summed E-state index contributed by atoms with van der Waals surface area (Å²) in [7, 11) is -3.41. The molecular formula is C23H30N2O4S. The number of sulfonamides is 1. The Kier molecular flexibility index (Phi) is 8.47. The Labute approximate surface area is 179 Å². The zero-order valence-corrected chi connectivity index (χ0v) is 18.6. The number of rotatable bonds is 11. The Balaban J connectivity index is 1.84. The molecule has 0 heterocycles. The molecule has 7 heteroatoms. The fourth-order valence-electron chi connectivity index (χ4n) is 2.93. The molecule has 0 spiro atoms. The van der Waals surface area contributed by atoms with Gasteiger partial charge in [-0.2, -0.15) is 0 Å². The van der Waals surface area contributed by atoms with Crippen molar-refractivity contribution in [2.24, 2.45) is 0 Å². The number of nitrogens with zero attached hydrogens (tertiary/aromatic N) is 1. The van der Waals surface area contributed by atoms with Crippen LogP contribution >= 0.6 is 0 Å². The number of ether oxygens (including phenoxy) is 1. The number of aryl methyl sites for hydroxylation is 1. The number of hydrogen-bond acceptors (Lipinski definition) is 4. The maximum atomic E-state index is 12.3. The highest BCUT2D eigenvalue weighted by Gasteiger charge is 2.16. The fourth-order valence-corrected chi connectivity index (χ4v) is 3.81. The Morgan fingerprint density at radius 1 is 1.13 bits per heavy atom. The first kappa shape index (κ1) is 23.5. The average molecular weight is 431 g/mol. The predicted molar refractivity (Wildman–Crippen MR) is 122 cm³/mol. The van der Waals surface area contributed by atoms with E-state index in [1.54, 1.807) is 24.3 Å². The van der Waals surface area contributed by atoms with Crippen LogP contribution in [0.15, 0.2) is 61.2 Å². The van der Waals surface area contributed by atoms with Crippen molar-refractivity contribution in [2.75, 3.05) is 23.7 Å². The molecule has 2 aromatic carbocycles. The van der Waals surface area contributed by atoms with E-state index in [0.717, 1.165) is 24.8 Å².